The number of rotatable bonds is 2. The summed E-state index contributed by atoms with van der Waals surface area (Å²) in [6.07, 6.45) is 2.12. The molecule has 0 aromatic heterocycles. The van der Waals surface area contributed by atoms with Crippen molar-refractivity contribution in [3.63, 3.8) is 0 Å². The monoisotopic (exact) mass is 350 g/mol. The van der Waals surface area contributed by atoms with Crippen molar-refractivity contribution in [3.05, 3.63) is 35.4 Å². The maximum atomic E-state index is 14.9. The summed E-state index contributed by atoms with van der Waals surface area (Å²) in [4.78, 5) is 22.9. The van der Waals surface area contributed by atoms with Gasteiger partial charge in [-0.15, -0.1) is 0 Å². The molecule has 25 heavy (non-hydrogen) atoms. The molecule has 2 N–H and O–H groups in total. The summed E-state index contributed by atoms with van der Waals surface area (Å²) in [7, 11) is 0. The molecule has 0 radical (unpaired) electrons. The first-order chi connectivity index (χ1) is 12.1. The molecule has 2 aliphatic rings. The Balaban J connectivity index is 0.000000730. The van der Waals surface area contributed by atoms with Crippen LogP contribution in [-0.4, -0.2) is 24.9 Å². The van der Waals surface area contributed by atoms with Gasteiger partial charge in [0.2, 0.25) is 11.6 Å². The average Bonchev–Trinajstić information content (AvgIpc) is 2.69. The SMILES string of the molecule is CC.CC.O=C1CCC(F)(c2ccc(C3CCNCC3)cc2)C(=O)N1. The zero-order valence-corrected chi connectivity index (χ0v) is 15.8. The standard InChI is InChI=1S/C16H19FN2O2.2C2H6/c17-16(8-5-14(20)19-15(16)21)13-3-1-11(2-4-13)12-6-9-18-10-7-12;2*1-2/h1-4,12,18H,5-10H2,(H,19,20,21);2*1-2H3. The lowest BCUT2D eigenvalue weighted by atomic mass is 9.84. The topological polar surface area (TPSA) is 58.2 Å². The molecule has 2 fully saturated rings. The van der Waals surface area contributed by atoms with E-state index >= 15 is 0 Å². The van der Waals surface area contributed by atoms with Gasteiger partial charge < -0.3 is 5.32 Å². The molecule has 0 saturated carbocycles. The first-order valence-corrected chi connectivity index (χ1v) is 9.44. The van der Waals surface area contributed by atoms with Crippen LogP contribution in [0.5, 0.6) is 0 Å². The molecule has 4 nitrogen and oxygen atoms in total. The van der Waals surface area contributed by atoms with Crippen molar-refractivity contribution in [2.45, 2.75) is 65.0 Å². The second-order valence-corrected chi connectivity index (χ2v) is 5.82. The summed E-state index contributed by atoms with van der Waals surface area (Å²) in [5.41, 5.74) is -0.554. The van der Waals surface area contributed by atoms with Crippen molar-refractivity contribution in [1.29, 1.82) is 0 Å². The van der Waals surface area contributed by atoms with Crippen molar-refractivity contribution in [1.82, 2.24) is 10.6 Å². The molecular weight excluding hydrogens is 319 g/mol. The average molecular weight is 350 g/mol. The Morgan fingerprint density at radius 2 is 1.56 bits per heavy atom. The van der Waals surface area contributed by atoms with Gasteiger partial charge in [0.05, 0.1) is 0 Å². The third-order valence-electron chi connectivity index (χ3n) is 4.49. The molecule has 2 aliphatic heterocycles. The fourth-order valence-corrected chi connectivity index (χ4v) is 3.14. The number of piperidine rings is 2. The number of carbonyl (C=O) groups excluding carboxylic acids is 2. The van der Waals surface area contributed by atoms with Crippen LogP contribution in [0.4, 0.5) is 4.39 Å². The van der Waals surface area contributed by atoms with E-state index in [2.05, 4.69) is 10.6 Å². The van der Waals surface area contributed by atoms with Crippen LogP contribution in [0.15, 0.2) is 24.3 Å². The minimum Gasteiger partial charge on any atom is -0.317 e. The lowest BCUT2D eigenvalue weighted by molar-refractivity contribution is -0.144. The van der Waals surface area contributed by atoms with E-state index in [9.17, 15) is 14.0 Å². The molecule has 1 aromatic carbocycles. The van der Waals surface area contributed by atoms with Gasteiger partial charge in [-0.25, -0.2) is 4.39 Å². The molecule has 1 aromatic rings. The largest absolute Gasteiger partial charge is 0.317 e. The highest BCUT2D eigenvalue weighted by atomic mass is 19.1. The summed E-state index contributed by atoms with van der Waals surface area (Å²) in [5.74, 6) is -0.745. The van der Waals surface area contributed by atoms with Crippen LogP contribution >= 0.6 is 0 Å². The van der Waals surface area contributed by atoms with Gasteiger partial charge in [-0.05, 0) is 43.0 Å². The molecule has 3 rings (SSSR count). The lowest BCUT2D eigenvalue weighted by Gasteiger charge is -2.29. The van der Waals surface area contributed by atoms with Crippen molar-refractivity contribution in [3.8, 4) is 0 Å². The molecule has 140 valence electrons. The number of hydrogen-bond donors (Lipinski definition) is 2. The van der Waals surface area contributed by atoms with Gasteiger partial charge in [0.25, 0.3) is 5.91 Å². The Morgan fingerprint density at radius 3 is 2.08 bits per heavy atom. The van der Waals surface area contributed by atoms with Gasteiger partial charge in [0, 0.05) is 12.8 Å². The Kier molecular flexibility index (Phi) is 8.76. The third-order valence-corrected chi connectivity index (χ3v) is 4.49. The number of amides is 2. The molecule has 2 amide bonds. The number of imide groups is 1. The predicted octanol–water partition coefficient (Wildman–Crippen LogP) is 3.81. The molecule has 2 saturated heterocycles. The van der Waals surface area contributed by atoms with Crippen LogP contribution in [0.25, 0.3) is 0 Å². The van der Waals surface area contributed by atoms with Gasteiger partial charge in [0.15, 0.2) is 0 Å². The van der Waals surface area contributed by atoms with Crippen molar-refractivity contribution in [2.24, 2.45) is 0 Å². The van der Waals surface area contributed by atoms with E-state index in [1.54, 1.807) is 12.1 Å². The quantitative estimate of drug-likeness (QED) is 0.798. The number of halogens is 1. The Bertz CT molecular complexity index is 553. The van der Waals surface area contributed by atoms with E-state index in [1.807, 2.05) is 39.8 Å². The van der Waals surface area contributed by atoms with E-state index < -0.39 is 17.5 Å². The second-order valence-electron chi connectivity index (χ2n) is 5.82. The van der Waals surface area contributed by atoms with E-state index in [0.717, 1.165) is 25.9 Å². The summed E-state index contributed by atoms with van der Waals surface area (Å²) in [6, 6.07) is 7.20. The molecule has 0 aliphatic carbocycles. The first-order valence-electron chi connectivity index (χ1n) is 9.44. The highest BCUT2D eigenvalue weighted by Gasteiger charge is 2.44. The van der Waals surface area contributed by atoms with Gasteiger partial charge >= 0.3 is 0 Å². The number of benzene rings is 1. The highest BCUT2D eigenvalue weighted by molar-refractivity contribution is 6.02. The van der Waals surface area contributed by atoms with E-state index in [4.69, 9.17) is 0 Å². The predicted molar refractivity (Wildman–Crippen MR) is 99.2 cm³/mol. The van der Waals surface area contributed by atoms with Crippen LogP contribution in [0, 0.1) is 0 Å². The maximum absolute atomic E-state index is 14.9. The van der Waals surface area contributed by atoms with E-state index in [-0.39, 0.29) is 12.8 Å². The van der Waals surface area contributed by atoms with E-state index in [0.29, 0.717) is 11.5 Å². The molecule has 1 atom stereocenters. The third kappa shape index (κ3) is 5.11. The fraction of sp³-hybridized carbons (Fsp3) is 0.600. The molecule has 0 bridgehead atoms. The highest BCUT2D eigenvalue weighted by Crippen LogP contribution is 2.35. The zero-order valence-electron chi connectivity index (χ0n) is 15.8. The second kappa shape index (κ2) is 10.3. The number of hydrogen-bond acceptors (Lipinski definition) is 3. The number of alkyl halides is 1. The first kappa shape index (κ1) is 21.3. The molecule has 5 heteroatoms. The van der Waals surface area contributed by atoms with Gasteiger partial charge in [-0.2, -0.15) is 0 Å². The summed E-state index contributed by atoms with van der Waals surface area (Å²) >= 11 is 0. The van der Waals surface area contributed by atoms with Crippen molar-refractivity contribution in [2.75, 3.05) is 13.1 Å². The normalized spacial score (nSPS) is 23.6. The van der Waals surface area contributed by atoms with Gasteiger partial charge in [-0.3, -0.25) is 14.9 Å². The Morgan fingerprint density at radius 1 is 1.00 bits per heavy atom. The number of carbonyl (C=O) groups is 2. The summed E-state index contributed by atoms with van der Waals surface area (Å²) in [6.45, 7) is 10.0. The Hall–Kier alpha value is -1.75. The summed E-state index contributed by atoms with van der Waals surface area (Å²) < 4.78 is 14.9. The van der Waals surface area contributed by atoms with Crippen LogP contribution in [0.2, 0.25) is 0 Å². The van der Waals surface area contributed by atoms with Gasteiger partial charge in [-0.1, -0.05) is 52.0 Å². The molecule has 0 spiro atoms. The van der Waals surface area contributed by atoms with E-state index in [1.165, 1.54) is 5.56 Å². The molecule has 2 heterocycles. The van der Waals surface area contributed by atoms with Crippen LogP contribution in [0.1, 0.15) is 70.4 Å². The minimum absolute atomic E-state index is 0.0400. The zero-order chi connectivity index (χ0) is 18.9. The van der Waals surface area contributed by atoms with Crippen molar-refractivity contribution < 1.29 is 14.0 Å². The lowest BCUT2D eigenvalue weighted by Crippen LogP contribution is -2.49. The van der Waals surface area contributed by atoms with Gasteiger partial charge in [0.1, 0.15) is 0 Å². The van der Waals surface area contributed by atoms with Crippen LogP contribution in [-0.2, 0) is 15.3 Å². The maximum Gasteiger partial charge on any atom is 0.268 e. The van der Waals surface area contributed by atoms with Crippen molar-refractivity contribution >= 4 is 11.8 Å². The Labute approximate surface area is 150 Å². The van der Waals surface area contributed by atoms with Crippen LogP contribution in [0.3, 0.4) is 0 Å². The number of nitrogens with one attached hydrogen (secondary N) is 2. The van der Waals surface area contributed by atoms with Crippen LogP contribution < -0.4 is 10.6 Å². The summed E-state index contributed by atoms with van der Waals surface area (Å²) in [5, 5.41) is 5.40. The fourth-order valence-electron chi connectivity index (χ4n) is 3.14. The molecule has 1 unspecified atom stereocenters. The molecular formula is C20H31FN2O2. The minimum atomic E-state index is -2.08. The smallest absolute Gasteiger partial charge is 0.268 e.